The number of carboxylic acid groups (broad SMARTS) is 1. The Balaban J connectivity index is 1.32. The fraction of sp³-hybridized carbons (Fsp3) is 0.257. The SMILES string of the molecule is C[C@H]1[C@H](OCc2ccccc2)[C@@H](OCc2ccccc2)[C@H](c2ccc(Cl)c(Cc3ncc(-c4ccco4)s3)c2)O[C@@H]1C(=O)O. The Morgan fingerprint density at radius 2 is 1.61 bits per heavy atom. The first-order chi connectivity index (χ1) is 21.5. The number of aliphatic carboxylic acids is 1. The van der Waals surface area contributed by atoms with Gasteiger partial charge in [-0.3, -0.25) is 0 Å². The zero-order valence-corrected chi connectivity index (χ0v) is 25.6. The van der Waals surface area contributed by atoms with Crippen LogP contribution in [0.4, 0.5) is 0 Å². The van der Waals surface area contributed by atoms with Crippen LogP contribution in [0.1, 0.15) is 40.3 Å². The molecule has 0 aliphatic carbocycles. The Kier molecular flexibility index (Phi) is 9.54. The fourth-order valence-corrected chi connectivity index (χ4v) is 6.60. The number of furan rings is 1. The second-order valence-corrected chi connectivity index (χ2v) is 12.3. The Morgan fingerprint density at radius 3 is 2.25 bits per heavy atom. The van der Waals surface area contributed by atoms with Gasteiger partial charge in [-0.25, -0.2) is 9.78 Å². The van der Waals surface area contributed by atoms with E-state index in [-0.39, 0.29) is 0 Å². The summed E-state index contributed by atoms with van der Waals surface area (Å²) >= 11 is 8.22. The molecule has 7 nitrogen and oxygen atoms in total. The van der Waals surface area contributed by atoms with Crippen molar-refractivity contribution in [3.05, 3.63) is 136 Å². The van der Waals surface area contributed by atoms with Gasteiger partial charge in [-0.15, -0.1) is 11.3 Å². The zero-order chi connectivity index (χ0) is 30.5. The van der Waals surface area contributed by atoms with Gasteiger partial charge >= 0.3 is 5.97 Å². The van der Waals surface area contributed by atoms with Crippen LogP contribution < -0.4 is 0 Å². The standard InChI is InChI=1S/C35H32ClNO6S/c1-22-31(41-20-23-9-4-2-5-10-23)34(42-21-24-11-6-3-7-12-24)33(43-32(22)35(38)39)25-14-15-27(36)26(17-25)18-30-37-19-29(44-30)28-13-8-16-40-28/h2-17,19,22,31-34H,18,20-21H2,1H3,(H,38,39)/t22-,31-,32-,33-,34+/m0/s1. The van der Waals surface area contributed by atoms with E-state index in [0.29, 0.717) is 24.7 Å². The maximum Gasteiger partial charge on any atom is 0.333 e. The molecular weight excluding hydrogens is 598 g/mol. The van der Waals surface area contributed by atoms with Crippen molar-refractivity contribution in [1.82, 2.24) is 4.98 Å². The Morgan fingerprint density at radius 1 is 0.932 bits per heavy atom. The van der Waals surface area contributed by atoms with Gasteiger partial charge in [-0.1, -0.05) is 91.3 Å². The summed E-state index contributed by atoms with van der Waals surface area (Å²) in [4.78, 5) is 18.0. The highest BCUT2D eigenvalue weighted by Crippen LogP contribution is 2.41. The van der Waals surface area contributed by atoms with Crippen LogP contribution in [0, 0.1) is 5.92 Å². The number of hydrogen-bond acceptors (Lipinski definition) is 7. The van der Waals surface area contributed by atoms with Crippen molar-refractivity contribution in [2.24, 2.45) is 5.92 Å². The van der Waals surface area contributed by atoms with E-state index in [1.807, 2.05) is 97.9 Å². The molecule has 3 heterocycles. The van der Waals surface area contributed by atoms with Crippen LogP contribution in [0.2, 0.25) is 5.02 Å². The lowest BCUT2D eigenvalue weighted by molar-refractivity contribution is -0.237. The van der Waals surface area contributed by atoms with Gasteiger partial charge in [0.25, 0.3) is 0 Å². The van der Waals surface area contributed by atoms with Gasteiger partial charge in [0.2, 0.25) is 0 Å². The Hall–Kier alpha value is -3.79. The summed E-state index contributed by atoms with van der Waals surface area (Å²) in [6.45, 7) is 2.47. The maximum atomic E-state index is 12.5. The molecule has 5 atom stereocenters. The van der Waals surface area contributed by atoms with Crippen LogP contribution in [-0.2, 0) is 38.6 Å². The summed E-state index contributed by atoms with van der Waals surface area (Å²) in [5.41, 5.74) is 3.59. The number of halogens is 1. The summed E-state index contributed by atoms with van der Waals surface area (Å²) in [6, 6.07) is 29.1. The number of nitrogens with zero attached hydrogens (tertiary/aromatic N) is 1. The van der Waals surface area contributed by atoms with E-state index in [4.69, 9.17) is 30.2 Å². The van der Waals surface area contributed by atoms with Crippen molar-refractivity contribution >= 4 is 28.9 Å². The van der Waals surface area contributed by atoms with Crippen molar-refractivity contribution in [2.75, 3.05) is 0 Å². The molecule has 1 N–H and O–H groups in total. The molecule has 9 heteroatoms. The third-order valence-electron chi connectivity index (χ3n) is 7.78. The van der Waals surface area contributed by atoms with Crippen LogP contribution in [-0.4, -0.2) is 34.4 Å². The molecule has 3 aromatic carbocycles. The largest absolute Gasteiger partial charge is 0.479 e. The summed E-state index contributed by atoms with van der Waals surface area (Å²) in [6.07, 6.45) is 0.956. The monoisotopic (exact) mass is 629 g/mol. The minimum absolute atomic E-state index is 0.314. The lowest BCUT2D eigenvalue weighted by Gasteiger charge is -2.44. The first-order valence-corrected chi connectivity index (χ1v) is 15.6. The van der Waals surface area contributed by atoms with E-state index in [2.05, 4.69) is 4.98 Å². The van der Waals surface area contributed by atoms with Gasteiger partial charge in [0, 0.05) is 23.6 Å². The van der Waals surface area contributed by atoms with Gasteiger partial charge < -0.3 is 23.7 Å². The summed E-state index contributed by atoms with van der Waals surface area (Å²) in [5, 5.41) is 11.6. The minimum atomic E-state index is -1.09. The van der Waals surface area contributed by atoms with Gasteiger partial charge in [0.05, 0.1) is 35.5 Å². The molecule has 0 spiro atoms. The van der Waals surface area contributed by atoms with Crippen molar-refractivity contribution in [1.29, 1.82) is 0 Å². The topological polar surface area (TPSA) is 91.0 Å². The lowest BCUT2D eigenvalue weighted by Crippen LogP contribution is -2.54. The molecule has 1 saturated heterocycles. The second-order valence-electron chi connectivity index (χ2n) is 10.8. The minimum Gasteiger partial charge on any atom is -0.479 e. The first-order valence-electron chi connectivity index (χ1n) is 14.4. The summed E-state index contributed by atoms with van der Waals surface area (Å²) in [5.74, 6) is -0.756. The van der Waals surface area contributed by atoms with Crippen LogP contribution in [0.25, 0.3) is 10.6 Å². The quantitative estimate of drug-likeness (QED) is 0.158. The van der Waals surface area contributed by atoms with Crippen molar-refractivity contribution < 1.29 is 28.5 Å². The van der Waals surface area contributed by atoms with Crippen LogP contribution in [0.5, 0.6) is 0 Å². The van der Waals surface area contributed by atoms with Crippen molar-refractivity contribution in [2.45, 2.75) is 51.0 Å². The maximum absolute atomic E-state index is 12.5. The number of aromatic nitrogens is 1. The third-order valence-corrected chi connectivity index (χ3v) is 9.16. The average Bonchev–Trinajstić information content (AvgIpc) is 3.74. The number of thiazole rings is 1. The van der Waals surface area contributed by atoms with E-state index in [0.717, 1.165) is 37.9 Å². The number of benzene rings is 3. The Labute approximate surface area is 265 Å². The van der Waals surface area contributed by atoms with Gasteiger partial charge in [0.15, 0.2) is 6.10 Å². The van der Waals surface area contributed by atoms with Crippen molar-refractivity contribution in [3.63, 3.8) is 0 Å². The molecule has 0 unspecified atom stereocenters. The number of carbonyl (C=O) groups is 1. The highest BCUT2D eigenvalue weighted by molar-refractivity contribution is 7.15. The predicted molar refractivity (Wildman–Crippen MR) is 169 cm³/mol. The molecule has 226 valence electrons. The van der Waals surface area contributed by atoms with E-state index in [1.54, 1.807) is 12.5 Å². The van der Waals surface area contributed by atoms with Gasteiger partial charge in [0.1, 0.15) is 18.0 Å². The molecule has 0 amide bonds. The molecule has 5 aromatic rings. The number of rotatable bonds is 11. The van der Waals surface area contributed by atoms with Crippen LogP contribution in [0.3, 0.4) is 0 Å². The normalized spacial score (nSPS) is 21.7. The number of carboxylic acids is 1. The fourth-order valence-electron chi connectivity index (χ4n) is 5.51. The van der Waals surface area contributed by atoms with Gasteiger partial charge in [-0.05, 0) is 40.5 Å². The molecule has 2 aromatic heterocycles. The Bertz CT molecular complexity index is 1660. The molecular formula is C35H32ClNO6S. The van der Waals surface area contributed by atoms with Crippen molar-refractivity contribution in [3.8, 4) is 10.6 Å². The number of hydrogen-bond donors (Lipinski definition) is 1. The van der Waals surface area contributed by atoms with Crippen LogP contribution >= 0.6 is 22.9 Å². The second kappa shape index (κ2) is 13.9. The molecule has 0 radical (unpaired) electrons. The molecule has 0 bridgehead atoms. The summed E-state index contributed by atoms with van der Waals surface area (Å²) < 4.78 is 24.9. The first kappa shape index (κ1) is 30.2. The van der Waals surface area contributed by atoms with E-state index in [9.17, 15) is 9.90 Å². The third kappa shape index (κ3) is 6.96. The lowest BCUT2D eigenvalue weighted by atomic mass is 9.84. The molecule has 1 aliphatic heterocycles. The average molecular weight is 630 g/mol. The highest BCUT2D eigenvalue weighted by atomic mass is 35.5. The summed E-state index contributed by atoms with van der Waals surface area (Å²) in [7, 11) is 0. The van der Waals surface area contributed by atoms with Crippen LogP contribution in [0.15, 0.2) is 108 Å². The van der Waals surface area contributed by atoms with E-state index in [1.165, 1.54) is 11.3 Å². The molecule has 1 aliphatic rings. The molecule has 1 fully saturated rings. The molecule has 6 rings (SSSR count). The molecule has 0 saturated carbocycles. The van der Waals surface area contributed by atoms with Gasteiger partial charge in [-0.2, -0.15) is 0 Å². The smallest absolute Gasteiger partial charge is 0.333 e. The van der Waals surface area contributed by atoms with E-state index >= 15 is 0 Å². The highest BCUT2D eigenvalue weighted by Gasteiger charge is 2.48. The number of ether oxygens (including phenoxy) is 3. The zero-order valence-electron chi connectivity index (χ0n) is 24.0. The van der Waals surface area contributed by atoms with E-state index < -0.39 is 36.3 Å². The predicted octanol–water partition coefficient (Wildman–Crippen LogP) is 7.98. The molecule has 44 heavy (non-hydrogen) atoms.